The lowest BCUT2D eigenvalue weighted by molar-refractivity contribution is 0.596. The van der Waals surface area contributed by atoms with Crippen LogP contribution in [0.15, 0.2) is 0 Å². The Hall–Kier alpha value is -0.840. The van der Waals surface area contributed by atoms with E-state index in [9.17, 15) is 0 Å². The van der Waals surface area contributed by atoms with Crippen molar-refractivity contribution in [1.29, 1.82) is 0 Å². The summed E-state index contributed by atoms with van der Waals surface area (Å²) in [4.78, 5) is 2.36. The third-order valence-electron chi connectivity index (χ3n) is 3.17. The Balaban J connectivity index is 2.27. The minimum atomic E-state index is 0.566. The molecule has 0 aromatic carbocycles. The third-order valence-corrected chi connectivity index (χ3v) is 3.53. The number of hydrogen-bond donors (Lipinski definition) is 1. The first-order valence-corrected chi connectivity index (χ1v) is 5.99. The quantitative estimate of drug-likeness (QED) is 0.746. The van der Waals surface area contributed by atoms with E-state index in [-0.39, 0.29) is 0 Å². The molecule has 1 aliphatic heterocycles. The lowest BCUT2D eigenvalue weighted by Gasteiger charge is -2.27. The molecular formula is C10H18N4S. The van der Waals surface area contributed by atoms with Gasteiger partial charge in [-0.2, -0.15) is 0 Å². The smallest absolute Gasteiger partial charge is 0.225 e. The van der Waals surface area contributed by atoms with E-state index in [4.69, 9.17) is 12.2 Å². The van der Waals surface area contributed by atoms with Crippen molar-refractivity contribution in [3.05, 3.63) is 4.77 Å². The Morgan fingerprint density at radius 2 is 2.20 bits per heavy atom. The molecule has 0 amide bonds. The maximum absolute atomic E-state index is 5.13. The van der Waals surface area contributed by atoms with Gasteiger partial charge in [-0.25, -0.2) is 5.10 Å². The predicted octanol–water partition coefficient (Wildman–Crippen LogP) is 2.25. The summed E-state index contributed by atoms with van der Waals surface area (Å²) in [6, 6.07) is 0.566. The largest absolute Gasteiger partial charge is 0.338 e. The fourth-order valence-corrected chi connectivity index (χ4v) is 2.29. The highest BCUT2D eigenvalue weighted by Gasteiger charge is 2.20. The normalized spacial score (nSPS) is 22.8. The molecule has 1 aromatic heterocycles. The van der Waals surface area contributed by atoms with Gasteiger partial charge in [0.15, 0.2) is 4.77 Å². The number of rotatable bonds is 1. The summed E-state index contributed by atoms with van der Waals surface area (Å²) < 4.78 is 2.65. The van der Waals surface area contributed by atoms with Crippen LogP contribution in [0.3, 0.4) is 0 Å². The second kappa shape index (κ2) is 4.35. The molecule has 2 heterocycles. The van der Waals surface area contributed by atoms with Crippen LogP contribution in [0.1, 0.15) is 32.6 Å². The van der Waals surface area contributed by atoms with Gasteiger partial charge in [0.1, 0.15) is 0 Å². The molecule has 0 aliphatic carbocycles. The number of nitrogens with one attached hydrogen (secondary N) is 1. The predicted molar refractivity (Wildman–Crippen MR) is 63.7 cm³/mol. The second-order valence-corrected chi connectivity index (χ2v) is 4.67. The lowest BCUT2D eigenvalue weighted by atomic mass is 10.1. The SMILES string of the molecule is CC1CCCCCN1c1n[nH]c(=S)n1C. The summed E-state index contributed by atoms with van der Waals surface area (Å²) in [5.41, 5.74) is 0. The average molecular weight is 226 g/mol. The molecule has 2 rings (SSSR count). The van der Waals surface area contributed by atoms with Crippen molar-refractivity contribution in [3.8, 4) is 0 Å². The first kappa shape index (κ1) is 10.7. The van der Waals surface area contributed by atoms with Crippen LogP contribution in [0.25, 0.3) is 0 Å². The molecule has 4 nitrogen and oxygen atoms in total. The van der Waals surface area contributed by atoms with E-state index in [1.807, 2.05) is 11.6 Å². The Morgan fingerprint density at radius 3 is 2.87 bits per heavy atom. The van der Waals surface area contributed by atoms with Gasteiger partial charge in [-0.05, 0) is 32.0 Å². The monoisotopic (exact) mass is 226 g/mol. The van der Waals surface area contributed by atoms with E-state index in [1.54, 1.807) is 0 Å². The van der Waals surface area contributed by atoms with Gasteiger partial charge in [-0.3, -0.25) is 4.57 Å². The summed E-state index contributed by atoms with van der Waals surface area (Å²) in [6.45, 7) is 3.36. The number of hydrogen-bond acceptors (Lipinski definition) is 3. The maximum atomic E-state index is 5.13. The van der Waals surface area contributed by atoms with Crippen LogP contribution in [-0.4, -0.2) is 27.4 Å². The number of anilines is 1. The Morgan fingerprint density at radius 1 is 1.40 bits per heavy atom. The number of H-pyrrole nitrogens is 1. The number of aromatic amines is 1. The Kier molecular flexibility index (Phi) is 3.09. The molecule has 15 heavy (non-hydrogen) atoms. The van der Waals surface area contributed by atoms with Crippen LogP contribution < -0.4 is 4.90 Å². The Bertz CT molecular complexity index is 381. The highest BCUT2D eigenvalue weighted by atomic mass is 32.1. The van der Waals surface area contributed by atoms with Gasteiger partial charge in [0.05, 0.1) is 0 Å². The Labute approximate surface area is 95.3 Å². The van der Waals surface area contributed by atoms with Gasteiger partial charge in [0, 0.05) is 19.6 Å². The van der Waals surface area contributed by atoms with Gasteiger partial charge < -0.3 is 4.90 Å². The van der Waals surface area contributed by atoms with E-state index >= 15 is 0 Å². The van der Waals surface area contributed by atoms with E-state index in [2.05, 4.69) is 22.0 Å². The van der Waals surface area contributed by atoms with Crippen molar-refractivity contribution in [1.82, 2.24) is 14.8 Å². The summed E-state index contributed by atoms with van der Waals surface area (Å²) in [6.07, 6.45) is 5.16. The molecule has 1 aliphatic rings. The summed E-state index contributed by atoms with van der Waals surface area (Å²) in [7, 11) is 1.97. The molecule has 1 aromatic rings. The van der Waals surface area contributed by atoms with E-state index in [0.29, 0.717) is 10.8 Å². The van der Waals surface area contributed by atoms with Crippen LogP contribution in [0.5, 0.6) is 0 Å². The highest BCUT2D eigenvalue weighted by molar-refractivity contribution is 7.71. The molecule has 1 fully saturated rings. The van der Waals surface area contributed by atoms with Crippen molar-refractivity contribution in [3.63, 3.8) is 0 Å². The zero-order valence-electron chi connectivity index (χ0n) is 9.36. The third kappa shape index (κ3) is 2.07. The fourth-order valence-electron chi connectivity index (χ4n) is 2.17. The fraction of sp³-hybridized carbons (Fsp3) is 0.800. The summed E-state index contributed by atoms with van der Waals surface area (Å²) >= 11 is 5.13. The second-order valence-electron chi connectivity index (χ2n) is 4.28. The van der Waals surface area contributed by atoms with Crippen molar-refractivity contribution < 1.29 is 0 Å². The molecule has 1 saturated heterocycles. The first-order chi connectivity index (χ1) is 7.20. The number of nitrogens with zero attached hydrogens (tertiary/aromatic N) is 3. The minimum absolute atomic E-state index is 0.566. The van der Waals surface area contributed by atoms with Crippen LogP contribution in [0, 0.1) is 4.77 Å². The van der Waals surface area contributed by atoms with Crippen molar-refractivity contribution in [2.45, 2.75) is 38.6 Å². The van der Waals surface area contributed by atoms with Gasteiger partial charge in [-0.15, -0.1) is 5.10 Å². The number of aromatic nitrogens is 3. The molecule has 0 radical (unpaired) electrons. The molecule has 1 unspecified atom stereocenters. The van der Waals surface area contributed by atoms with Crippen molar-refractivity contribution in [2.75, 3.05) is 11.4 Å². The molecule has 0 spiro atoms. The summed E-state index contributed by atoms with van der Waals surface area (Å²) in [5.74, 6) is 0.981. The van der Waals surface area contributed by atoms with Crippen LogP contribution in [0.4, 0.5) is 5.95 Å². The molecule has 5 heteroatoms. The van der Waals surface area contributed by atoms with E-state index in [0.717, 1.165) is 12.5 Å². The zero-order valence-corrected chi connectivity index (χ0v) is 10.2. The van der Waals surface area contributed by atoms with Gasteiger partial charge in [0.25, 0.3) is 0 Å². The van der Waals surface area contributed by atoms with Crippen molar-refractivity contribution in [2.24, 2.45) is 7.05 Å². The van der Waals surface area contributed by atoms with Gasteiger partial charge in [-0.1, -0.05) is 12.8 Å². The first-order valence-electron chi connectivity index (χ1n) is 5.58. The average Bonchev–Trinajstić information content (AvgIpc) is 2.43. The zero-order chi connectivity index (χ0) is 10.8. The van der Waals surface area contributed by atoms with Crippen LogP contribution >= 0.6 is 12.2 Å². The molecule has 84 valence electrons. The van der Waals surface area contributed by atoms with Crippen molar-refractivity contribution >= 4 is 18.2 Å². The molecular weight excluding hydrogens is 208 g/mol. The molecule has 0 saturated carbocycles. The minimum Gasteiger partial charge on any atom is -0.338 e. The van der Waals surface area contributed by atoms with Crippen LogP contribution in [-0.2, 0) is 7.05 Å². The molecule has 0 bridgehead atoms. The molecule has 1 N–H and O–H groups in total. The topological polar surface area (TPSA) is 36.9 Å². The van der Waals surface area contributed by atoms with E-state index in [1.165, 1.54) is 25.7 Å². The summed E-state index contributed by atoms with van der Waals surface area (Å²) in [5, 5.41) is 7.15. The van der Waals surface area contributed by atoms with E-state index < -0.39 is 0 Å². The van der Waals surface area contributed by atoms with Gasteiger partial charge >= 0.3 is 0 Å². The maximum Gasteiger partial charge on any atom is 0.225 e. The van der Waals surface area contributed by atoms with Crippen LogP contribution in [0.2, 0.25) is 0 Å². The highest BCUT2D eigenvalue weighted by Crippen LogP contribution is 2.21. The van der Waals surface area contributed by atoms with Gasteiger partial charge in [0.2, 0.25) is 5.95 Å². The lowest BCUT2D eigenvalue weighted by Crippen LogP contribution is -2.34. The molecule has 1 atom stereocenters. The standard InChI is InChI=1S/C10H18N4S/c1-8-6-4-3-5-7-14(8)9-11-12-10(15)13(9)2/h8H,3-7H2,1-2H3,(H,12,15).